The van der Waals surface area contributed by atoms with Crippen molar-refractivity contribution in [2.75, 3.05) is 18.1 Å². The van der Waals surface area contributed by atoms with E-state index in [2.05, 4.69) is 19.2 Å². The summed E-state index contributed by atoms with van der Waals surface area (Å²) in [6.07, 6.45) is 5.08. The van der Waals surface area contributed by atoms with Crippen molar-refractivity contribution in [2.24, 2.45) is 5.92 Å². The number of amides is 1. The lowest BCUT2D eigenvalue weighted by Gasteiger charge is -2.13. The number of rotatable bonds is 12. The summed E-state index contributed by atoms with van der Waals surface area (Å²) < 4.78 is 0. The van der Waals surface area contributed by atoms with Crippen LogP contribution in [0.3, 0.4) is 0 Å². The molecule has 0 saturated heterocycles. The molecule has 5 heteroatoms. The molecule has 19 heavy (non-hydrogen) atoms. The van der Waals surface area contributed by atoms with Crippen molar-refractivity contribution in [3.8, 4) is 0 Å². The van der Waals surface area contributed by atoms with Crippen LogP contribution in [0.2, 0.25) is 0 Å². The second kappa shape index (κ2) is 12.3. The molecule has 0 radical (unpaired) electrons. The summed E-state index contributed by atoms with van der Waals surface area (Å²) in [7, 11) is 0. The van der Waals surface area contributed by atoms with Crippen molar-refractivity contribution in [3.05, 3.63) is 0 Å². The maximum absolute atomic E-state index is 11.5. The van der Waals surface area contributed by atoms with Gasteiger partial charge in [0.15, 0.2) is 0 Å². The Morgan fingerprint density at radius 2 is 2.00 bits per heavy atom. The van der Waals surface area contributed by atoms with Crippen LogP contribution in [0.15, 0.2) is 0 Å². The van der Waals surface area contributed by atoms with Gasteiger partial charge in [-0.25, -0.2) is 0 Å². The second-order valence-electron chi connectivity index (χ2n) is 4.75. The van der Waals surface area contributed by atoms with E-state index >= 15 is 0 Å². The molecule has 0 aromatic rings. The van der Waals surface area contributed by atoms with Crippen molar-refractivity contribution in [2.45, 2.75) is 52.4 Å². The molecule has 0 aliphatic heterocycles. The number of carboxylic acid groups (broad SMARTS) is 1. The first-order valence-electron chi connectivity index (χ1n) is 7.16. The number of carboxylic acids is 1. The SMILES string of the molecule is CCCCSCC(=O)NCCC(CC)CCC(=O)O. The predicted octanol–water partition coefficient (Wildman–Crippen LogP) is 2.92. The highest BCUT2D eigenvalue weighted by molar-refractivity contribution is 7.99. The van der Waals surface area contributed by atoms with Crippen molar-refractivity contribution in [3.63, 3.8) is 0 Å². The first kappa shape index (κ1) is 18.3. The summed E-state index contributed by atoms with van der Waals surface area (Å²) in [5, 5.41) is 11.5. The monoisotopic (exact) mass is 289 g/mol. The van der Waals surface area contributed by atoms with E-state index in [-0.39, 0.29) is 12.3 Å². The molecule has 1 amide bonds. The van der Waals surface area contributed by atoms with E-state index in [0.717, 1.165) is 31.4 Å². The number of carbonyl (C=O) groups is 2. The second-order valence-corrected chi connectivity index (χ2v) is 5.86. The minimum absolute atomic E-state index is 0.0918. The minimum Gasteiger partial charge on any atom is -0.481 e. The van der Waals surface area contributed by atoms with Gasteiger partial charge in [-0.05, 0) is 30.9 Å². The predicted molar refractivity (Wildman–Crippen MR) is 80.5 cm³/mol. The molecule has 0 aromatic heterocycles. The van der Waals surface area contributed by atoms with Crippen LogP contribution in [0, 0.1) is 5.92 Å². The zero-order valence-corrected chi connectivity index (χ0v) is 12.9. The summed E-state index contributed by atoms with van der Waals surface area (Å²) in [4.78, 5) is 22.0. The lowest BCUT2D eigenvalue weighted by molar-refractivity contribution is -0.137. The van der Waals surface area contributed by atoms with Crippen LogP contribution in [0.4, 0.5) is 0 Å². The fourth-order valence-corrected chi connectivity index (χ4v) is 2.68. The fourth-order valence-electron chi connectivity index (χ4n) is 1.76. The summed E-state index contributed by atoms with van der Waals surface area (Å²) in [5.41, 5.74) is 0. The van der Waals surface area contributed by atoms with E-state index in [9.17, 15) is 9.59 Å². The van der Waals surface area contributed by atoms with E-state index < -0.39 is 5.97 Å². The van der Waals surface area contributed by atoms with Crippen molar-refractivity contribution >= 4 is 23.6 Å². The number of hydrogen-bond acceptors (Lipinski definition) is 3. The molecule has 1 atom stereocenters. The Morgan fingerprint density at radius 1 is 1.26 bits per heavy atom. The molecule has 2 N–H and O–H groups in total. The van der Waals surface area contributed by atoms with Crippen LogP contribution in [0.5, 0.6) is 0 Å². The van der Waals surface area contributed by atoms with Crippen LogP contribution in [-0.4, -0.2) is 35.0 Å². The van der Waals surface area contributed by atoms with Crippen LogP contribution >= 0.6 is 11.8 Å². The number of aliphatic carboxylic acids is 1. The van der Waals surface area contributed by atoms with Gasteiger partial charge in [-0.15, -0.1) is 0 Å². The standard InChI is InChI=1S/C14H27NO3S/c1-3-5-10-19-11-13(16)15-9-8-12(4-2)6-7-14(17)18/h12H,3-11H2,1-2H3,(H,15,16)(H,17,18). The topological polar surface area (TPSA) is 66.4 Å². The average Bonchev–Trinajstić information content (AvgIpc) is 2.38. The molecule has 0 bridgehead atoms. The van der Waals surface area contributed by atoms with Gasteiger partial charge in [-0.1, -0.05) is 26.7 Å². The van der Waals surface area contributed by atoms with Gasteiger partial charge in [-0.3, -0.25) is 9.59 Å². The lowest BCUT2D eigenvalue weighted by Crippen LogP contribution is -2.27. The van der Waals surface area contributed by atoms with Gasteiger partial charge in [0.1, 0.15) is 0 Å². The summed E-state index contributed by atoms with van der Waals surface area (Å²) in [5.74, 6) is 1.32. The highest BCUT2D eigenvalue weighted by atomic mass is 32.2. The van der Waals surface area contributed by atoms with Crippen molar-refractivity contribution in [1.82, 2.24) is 5.32 Å². The smallest absolute Gasteiger partial charge is 0.303 e. The quantitative estimate of drug-likeness (QED) is 0.542. The maximum Gasteiger partial charge on any atom is 0.303 e. The molecule has 0 rings (SSSR count). The number of carbonyl (C=O) groups excluding carboxylic acids is 1. The van der Waals surface area contributed by atoms with Gasteiger partial charge in [0.05, 0.1) is 5.75 Å². The van der Waals surface area contributed by atoms with E-state index in [1.54, 1.807) is 11.8 Å². The molecule has 0 spiro atoms. The number of thioether (sulfide) groups is 1. The van der Waals surface area contributed by atoms with E-state index in [1.807, 2.05) is 0 Å². The Morgan fingerprint density at radius 3 is 2.58 bits per heavy atom. The third kappa shape index (κ3) is 12.1. The molecule has 0 aromatic carbocycles. The molecule has 4 nitrogen and oxygen atoms in total. The molecule has 1 unspecified atom stereocenters. The van der Waals surface area contributed by atoms with Gasteiger partial charge in [0.25, 0.3) is 0 Å². The Labute approximate surface area is 120 Å². The third-order valence-corrected chi connectivity index (χ3v) is 4.14. The Bertz CT molecular complexity index is 259. The molecule has 0 aliphatic carbocycles. The highest BCUT2D eigenvalue weighted by Gasteiger charge is 2.09. The Balaban J connectivity index is 3.57. The van der Waals surface area contributed by atoms with Gasteiger partial charge in [0, 0.05) is 13.0 Å². The molecule has 0 aliphatic rings. The maximum atomic E-state index is 11.5. The normalized spacial score (nSPS) is 12.1. The first-order valence-corrected chi connectivity index (χ1v) is 8.31. The van der Waals surface area contributed by atoms with E-state index in [1.165, 1.54) is 0 Å². The zero-order chi connectivity index (χ0) is 14.5. The summed E-state index contributed by atoms with van der Waals surface area (Å²) in [6.45, 7) is 4.86. The zero-order valence-electron chi connectivity index (χ0n) is 12.1. The van der Waals surface area contributed by atoms with Gasteiger partial charge in [0.2, 0.25) is 5.91 Å². The average molecular weight is 289 g/mol. The van der Waals surface area contributed by atoms with Crippen LogP contribution in [0.1, 0.15) is 52.4 Å². The minimum atomic E-state index is -0.741. The largest absolute Gasteiger partial charge is 0.481 e. The summed E-state index contributed by atoms with van der Waals surface area (Å²) >= 11 is 1.67. The number of nitrogens with one attached hydrogen (secondary N) is 1. The molecular formula is C14H27NO3S. The molecular weight excluding hydrogens is 262 g/mol. The van der Waals surface area contributed by atoms with Crippen LogP contribution < -0.4 is 5.32 Å². The van der Waals surface area contributed by atoms with Gasteiger partial charge in [-0.2, -0.15) is 11.8 Å². The molecule has 112 valence electrons. The van der Waals surface area contributed by atoms with Crippen molar-refractivity contribution < 1.29 is 14.7 Å². The van der Waals surface area contributed by atoms with Crippen LogP contribution in [-0.2, 0) is 9.59 Å². The molecule has 0 saturated carbocycles. The molecule has 0 heterocycles. The van der Waals surface area contributed by atoms with Gasteiger partial charge >= 0.3 is 5.97 Å². The third-order valence-electron chi connectivity index (χ3n) is 3.09. The lowest BCUT2D eigenvalue weighted by atomic mass is 9.97. The number of hydrogen-bond donors (Lipinski definition) is 2. The summed E-state index contributed by atoms with van der Waals surface area (Å²) in [6, 6.07) is 0. The number of unbranched alkanes of at least 4 members (excludes halogenated alkanes) is 1. The first-order chi connectivity index (χ1) is 9.10. The van der Waals surface area contributed by atoms with E-state index in [4.69, 9.17) is 5.11 Å². The van der Waals surface area contributed by atoms with Crippen LogP contribution in [0.25, 0.3) is 0 Å². The fraction of sp³-hybridized carbons (Fsp3) is 0.857. The Kier molecular flexibility index (Phi) is 11.9. The highest BCUT2D eigenvalue weighted by Crippen LogP contribution is 2.14. The van der Waals surface area contributed by atoms with Gasteiger partial charge < -0.3 is 10.4 Å². The van der Waals surface area contributed by atoms with E-state index in [0.29, 0.717) is 24.6 Å². The van der Waals surface area contributed by atoms with Crippen molar-refractivity contribution in [1.29, 1.82) is 0 Å². The molecule has 0 fully saturated rings. The Hall–Kier alpha value is -0.710.